The van der Waals surface area contributed by atoms with Gasteiger partial charge in [-0.05, 0) is 27.7 Å². The molecule has 0 aliphatic rings. The van der Waals surface area contributed by atoms with Crippen LogP contribution in [0.15, 0.2) is 30.3 Å². The summed E-state index contributed by atoms with van der Waals surface area (Å²) in [7, 11) is 4.60. The van der Waals surface area contributed by atoms with Crippen LogP contribution in [-0.4, -0.2) is 45.7 Å². The summed E-state index contributed by atoms with van der Waals surface area (Å²) >= 11 is 0. The highest BCUT2D eigenvalue weighted by molar-refractivity contribution is 5.72. The van der Waals surface area contributed by atoms with E-state index in [9.17, 15) is 14.4 Å². The lowest BCUT2D eigenvalue weighted by Gasteiger charge is -1.89. The Balaban J connectivity index is -0.0000000723. The minimum atomic E-state index is -0.245. The molecular weight excluding hydrogens is 336 g/mol. The van der Waals surface area contributed by atoms with Gasteiger partial charge in [0.05, 0.1) is 13.7 Å². The number of ketones is 1. The highest BCUT2D eigenvalue weighted by Gasteiger charge is 1.81. The fourth-order valence-electron chi connectivity index (χ4n) is 0.738. The summed E-state index contributed by atoms with van der Waals surface area (Å²) < 4.78 is 12.8. The average Bonchev–Trinajstić information content (AvgIpc) is 2.49. The molecule has 1 aromatic carbocycles. The van der Waals surface area contributed by atoms with Gasteiger partial charge < -0.3 is 19.0 Å². The van der Waals surface area contributed by atoms with Gasteiger partial charge >= 0.3 is 11.9 Å². The summed E-state index contributed by atoms with van der Waals surface area (Å²) in [6.45, 7) is 10.2. The van der Waals surface area contributed by atoms with Crippen molar-refractivity contribution in [2.75, 3.05) is 27.9 Å². The van der Waals surface area contributed by atoms with E-state index in [0.29, 0.717) is 6.61 Å². The predicted octanol–water partition coefficient (Wildman–Crippen LogP) is 4.24. The van der Waals surface area contributed by atoms with Crippen molar-refractivity contribution >= 4 is 17.7 Å². The van der Waals surface area contributed by atoms with Crippen molar-refractivity contribution in [3.05, 3.63) is 35.9 Å². The summed E-state index contributed by atoms with van der Waals surface area (Å²) in [4.78, 5) is 28.9. The number of ether oxygens (including phenoxy) is 3. The molecule has 0 aliphatic carbocycles. The number of Topliss-reactive ketones (excluding diaryl/α,β-unsaturated/α-hetero) is 1. The maximum Gasteiger partial charge on any atom is 0.302 e. The molecule has 154 valence electrons. The first-order valence-electron chi connectivity index (χ1n) is 7.65. The van der Waals surface area contributed by atoms with Gasteiger partial charge in [-0.3, -0.25) is 9.59 Å². The molecule has 6 nitrogen and oxygen atoms in total. The molecule has 26 heavy (non-hydrogen) atoms. The quantitative estimate of drug-likeness (QED) is 0.684. The van der Waals surface area contributed by atoms with Crippen LogP contribution in [0, 0.1) is 6.92 Å². The third kappa shape index (κ3) is 80.9. The van der Waals surface area contributed by atoms with Crippen molar-refractivity contribution in [2.45, 2.75) is 49.0 Å². The zero-order chi connectivity index (χ0) is 20.7. The van der Waals surface area contributed by atoms with E-state index in [1.54, 1.807) is 21.1 Å². The third-order valence-electron chi connectivity index (χ3n) is 1.58. The molecule has 0 saturated heterocycles. The molecule has 1 rings (SSSR count). The minimum absolute atomic E-state index is 0. The van der Waals surface area contributed by atoms with Crippen molar-refractivity contribution in [3.63, 3.8) is 0 Å². The van der Waals surface area contributed by atoms with Crippen LogP contribution >= 0.6 is 0 Å². The Morgan fingerprint density at radius 1 is 0.846 bits per heavy atom. The van der Waals surface area contributed by atoms with Gasteiger partial charge in [-0.25, -0.2) is 0 Å². The summed E-state index contributed by atoms with van der Waals surface area (Å²) in [5.41, 5.74) is 1.32. The first kappa shape index (κ1) is 35.0. The van der Waals surface area contributed by atoms with Gasteiger partial charge in [0, 0.05) is 28.1 Å². The summed E-state index contributed by atoms with van der Waals surface area (Å²) in [5.74, 6) is -0.289. The van der Waals surface area contributed by atoms with E-state index in [2.05, 4.69) is 33.3 Å². The maximum absolute atomic E-state index is 9.82. The standard InChI is InChI=1S/C7H8.C4H8O2.C3H6O2.C3H6O.C2H6O.CH4/c1-7-5-3-2-4-6-7;1-3-6-4(2)5;1-3(4)5-2;1-3(2)4;1-3-2;/h2-6H,1H3;3H2,1-2H3;1-2H3;1-2H3;1-2H3;1H4. The first-order chi connectivity index (χ1) is 11.6. The molecule has 0 heterocycles. The number of benzene rings is 1. The highest BCUT2D eigenvalue weighted by atomic mass is 16.5. The Morgan fingerprint density at radius 3 is 1.23 bits per heavy atom. The molecule has 0 spiro atoms. The number of rotatable bonds is 1. The van der Waals surface area contributed by atoms with Gasteiger partial charge in [0.1, 0.15) is 5.78 Å². The van der Waals surface area contributed by atoms with Crippen LogP contribution in [0.2, 0.25) is 0 Å². The van der Waals surface area contributed by atoms with Crippen LogP contribution in [0.5, 0.6) is 0 Å². The second-order valence-electron chi connectivity index (χ2n) is 4.59. The van der Waals surface area contributed by atoms with E-state index in [-0.39, 0.29) is 25.1 Å². The zero-order valence-corrected chi connectivity index (χ0v) is 17.0. The topological polar surface area (TPSA) is 78.9 Å². The van der Waals surface area contributed by atoms with Crippen LogP contribution in [0.3, 0.4) is 0 Å². The molecule has 0 unspecified atom stereocenters. The normalized spacial score (nSPS) is 7.12. The smallest absolute Gasteiger partial charge is 0.302 e. The molecule has 0 fully saturated rings. The second kappa shape index (κ2) is 30.6. The van der Waals surface area contributed by atoms with E-state index >= 15 is 0 Å². The van der Waals surface area contributed by atoms with Gasteiger partial charge in [0.15, 0.2) is 0 Å². The summed E-state index contributed by atoms with van der Waals surface area (Å²) in [6, 6.07) is 10.3. The molecule has 0 aliphatic heterocycles. The fourth-order valence-corrected chi connectivity index (χ4v) is 0.738. The number of hydrogen-bond donors (Lipinski definition) is 0. The molecule has 6 heteroatoms. The molecule has 0 bridgehead atoms. The number of carbonyl (C=O) groups is 3. The van der Waals surface area contributed by atoms with E-state index in [0.717, 1.165) is 0 Å². The first-order valence-corrected chi connectivity index (χ1v) is 7.65. The second-order valence-corrected chi connectivity index (χ2v) is 4.59. The van der Waals surface area contributed by atoms with Gasteiger partial charge in [-0.15, -0.1) is 0 Å². The van der Waals surface area contributed by atoms with Crippen LogP contribution in [0.4, 0.5) is 0 Å². The van der Waals surface area contributed by atoms with Gasteiger partial charge in [0.25, 0.3) is 0 Å². The molecule has 0 aromatic heterocycles. The predicted molar refractivity (Wildman–Crippen MR) is 107 cm³/mol. The number of hydrogen-bond acceptors (Lipinski definition) is 6. The van der Waals surface area contributed by atoms with Crippen LogP contribution in [0.1, 0.15) is 47.6 Å². The van der Waals surface area contributed by atoms with E-state index in [1.165, 1.54) is 40.4 Å². The Labute approximate surface area is 159 Å². The Bertz CT molecular complexity index is 412. The number of aryl methyl sites for hydroxylation is 1. The molecule has 0 N–H and O–H groups in total. The average molecular weight is 375 g/mol. The monoisotopic (exact) mass is 374 g/mol. The Kier molecular flexibility index (Phi) is 41.3. The van der Waals surface area contributed by atoms with E-state index in [1.807, 2.05) is 18.2 Å². The van der Waals surface area contributed by atoms with Crippen molar-refractivity contribution < 1.29 is 28.6 Å². The SMILES string of the molecule is C.CC(C)=O.CCOC(C)=O.COC.COC(C)=O.Cc1ccccc1. The number of esters is 2. The Hall–Kier alpha value is -2.21. The van der Waals surface area contributed by atoms with Crippen molar-refractivity contribution in [3.8, 4) is 0 Å². The van der Waals surface area contributed by atoms with Crippen LogP contribution < -0.4 is 0 Å². The van der Waals surface area contributed by atoms with Crippen molar-refractivity contribution in [2.24, 2.45) is 0 Å². The molecule has 0 atom stereocenters. The van der Waals surface area contributed by atoms with E-state index < -0.39 is 0 Å². The van der Waals surface area contributed by atoms with Gasteiger partial charge in [0.2, 0.25) is 0 Å². The van der Waals surface area contributed by atoms with Gasteiger partial charge in [-0.1, -0.05) is 43.3 Å². The minimum Gasteiger partial charge on any atom is -0.469 e. The molecular formula is C20H38O6. The van der Waals surface area contributed by atoms with Gasteiger partial charge in [-0.2, -0.15) is 0 Å². The summed E-state index contributed by atoms with van der Waals surface area (Å²) in [5, 5.41) is 0. The molecule has 0 radical (unpaired) electrons. The summed E-state index contributed by atoms with van der Waals surface area (Å²) in [6.07, 6.45) is 0. The lowest BCUT2D eigenvalue weighted by molar-refractivity contribution is -0.140. The molecule has 0 saturated carbocycles. The zero-order valence-electron chi connectivity index (χ0n) is 17.0. The van der Waals surface area contributed by atoms with E-state index in [4.69, 9.17) is 0 Å². The van der Waals surface area contributed by atoms with Crippen LogP contribution in [-0.2, 0) is 28.6 Å². The largest absolute Gasteiger partial charge is 0.469 e. The highest BCUT2D eigenvalue weighted by Crippen LogP contribution is 1.92. The molecule has 1 aromatic rings. The number of methoxy groups -OCH3 is 2. The number of carbonyl (C=O) groups excluding carboxylic acids is 3. The molecule has 0 amide bonds. The van der Waals surface area contributed by atoms with Crippen molar-refractivity contribution in [1.82, 2.24) is 0 Å². The van der Waals surface area contributed by atoms with Crippen molar-refractivity contribution in [1.29, 1.82) is 0 Å². The lowest BCUT2D eigenvalue weighted by atomic mass is 10.2. The maximum atomic E-state index is 9.82. The van der Waals surface area contributed by atoms with Crippen LogP contribution in [0.25, 0.3) is 0 Å². The third-order valence-corrected chi connectivity index (χ3v) is 1.58. The fraction of sp³-hybridized carbons (Fsp3) is 0.550. The Morgan fingerprint density at radius 2 is 1.15 bits per heavy atom. The lowest BCUT2D eigenvalue weighted by Crippen LogP contribution is -1.95.